The molecule has 1 aromatic carbocycles. The van der Waals surface area contributed by atoms with Crippen LogP contribution in [-0.4, -0.2) is 12.5 Å². The van der Waals surface area contributed by atoms with Crippen molar-refractivity contribution in [1.29, 1.82) is 0 Å². The van der Waals surface area contributed by atoms with Crippen LogP contribution in [0.15, 0.2) is 24.3 Å². The Kier molecular flexibility index (Phi) is 4.84. The number of carbonyl (C=O) groups is 1. The van der Waals surface area contributed by atoms with Crippen molar-refractivity contribution in [3.05, 3.63) is 35.6 Å². The topological polar surface area (TPSA) is 55.1 Å². The van der Waals surface area contributed by atoms with E-state index in [0.717, 1.165) is 6.42 Å². The van der Waals surface area contributed by atoms with Gasteiger partial charge in [-0.3, -0.25) is 4.79 Å². The second-order valence-electron chi connectivity index (χ2n) is 5.11. The number of nitrogens with one attached hydrogen (secondary N) is 1. The van der Waals surface area contributed by atoms with Crippen molar-refractivity contribution in [1.82, 2.24) is 5.32 Å². The molecule has 0 bridgehead atoms. The molecule has 1 atom stereocenters. The van der Waals surface area contributed by atoms with E-state index in [1.165, 1.54) is 6.07 Å². The summed E-state index contributed by atoms with van der Waals surface area (Å²) in [5.74, 6) is -0.591. The molecular formula is C14H21FN2O. The van der Waals surface area contributed by atoms with Crippen LogP contribution in [0.25, 0.3) is 0 Å². The third-order valence-corrected chi connectivity index (χ3v) is 3.15. The summed E-state index contributed by atoms with van der Waals surface area (Å²) in [5, 5.41) is 3.21. The molecule has 18 heavy (non-hydrogen) atoms. The van der Waals surface area contributed by atoms with E-state index >= 15 is 0 Å². The minimum Gasteiger partial charge on any atom is -0.369 e. The molecule has 0 aromatic heterocycles. The van der Waals surface area contributed by atoms with Gasteiger partial charge in [0, 0.05) is 18.2 Å². The number of benzene rings is 1. The second-order valence-corrected chi connectivity index (χ2v) is 5.11. The normalized spacial score (nSPS) is 13.3. The standard InChI is InChI=1S/C14H21FN2O/c1-4-12(10-7-5-6-8-11(10)15)17-9-14(2,3)13(16)18/h5-8,12,17H,4,9H2,1-3H3,(H2,16,18). The highest BCUT2D eigenvalue weighted by atomic mass is 19.1. The first-order chi connectivity index (χ1) is 8.38. The lowest BCUT2D eigenvalue weighted by molar-refractivity contribution is -0.125. The predicted octanol–water partition coefficient (Wildman–Crippen LogP) is 2.38. The average Bonchev–Trinajstić information content (AvgIpc) is 2.31. The Labute approximate surface area is 108 Å². The molecule has 0 heterocycles. The number of primary amides is 1. The Balaban J connectivity index is 2.75. The Bertz CT molecular complexity index is 418. The molecule has 0 aliphatic rings. The zero-order valence-corrected chi connectivity index (χ0v) is 11.2. The maximum absolute atomic E-state index is 13.7. The number of hydrogen-bond donors (Lipinski definition) is 2. The fourth-order valence-electron chi connectivity index (χ4n) is 1.70. The molecule has 0 saturated carbocycles. The van der Waals surface area contributed by atoms with Gasteiger partial charge in [0.05, 0.1) is 5.41 Å². The van der Waals surface area contributed by atoms with Crippen LogP contribution in [0.2, 0.25) is 0 Å². The largest absolute Gasteiger partial charge is 0.369 e. The highest BCUT2D eigenvalue weighted by Crippen LogP contribution is 2.21. The molecule has 4 heteroatoms. The van der Waals surface area contributed by atoms with Gasteiger partial charge in [0.25, 0.3) is 0 Å². The van der Waals surface area contributed by atoms with Gasteiger partial charge >= 0.3 is 0 Å². The van der Waals surface area contributed by atoms with E-state index in [1.54, 1.807) is 26.0 Å². The molecular weight excluding hydrogens is 231 g/mol. The number of rotatable bonds is 6. The lowest BCUT2D eigenvalue weighted by Crippen LogP contribution is -2.41. The van der Waals surface area contributed by atoms with Gasteiger partial charge in [0.1, 0.15) is 5.82 Å². The van der Waals surface area contributed by atoms with Gasteiger partial charge in [-0.25, -0.2) is 4.39 Å². The Morgan fingerprint density at radius 3 is 2.56 bits per heavy atom. The minimum atomic E-state index is -0.640. The number of hydrogen-bond acceptors (Lipinski definition) is 2. The SMILES string of the molecule is CCC(NCC(C)(C)C(N)=O)c1ccccc1F. The maximum Gasteiger partial charge on any atom is 0.224 e. The lowest BCUT2D eigenvalue weighted by atomic mass is 9.91. The highest BCUT2D eigenvalue weighted by molar-refractivity contribution is 5.80. The molecule has 0 spiro atoms. The quantitative estimate of drug-likeness (QED) is 0.816. The summed E-state index contributed by atoms with van der Waals surface area (Å²) in [6.45, 7) is 5.95. The van der Waals surface area contributed by atoms with E-state index < -0.39 is 5.41 Å². The summed E-state index contributed by atoms with van der Waals surface area (Å²) in [6.07, 6.45) is 0.746. The molecule has 0 saturated heterocycles. The third-order valence-electron chi connectivity index (χ3n) is 3.15. The van der Waals surface area contributed by atoms with E-state index in [2.05, 4.69) is 5.32 Å². The van der Waals surface area contributed by atoms with Crippen LogP contribution in [0, 0.1) is 11.2 Å². The Hall–Kier alpha value is -1.42. The molecule has 3 nitrogen and oxygen atoms in total. The van der Waals surface area contributed by atoms with E-state index in [9.17, 15) is 9.18 Å². The molecule has 0 aliphatic carbocycles. The fourth-order valence-corrected chi connectivity index (χ4v) is 1.70. The van der Waals surface area contributed by atoms with Gasteiger partial charge in [0.2, 0.25) is 5.91 Å². The van der Waals surface area contributed by atoms with E-state index in [0.29, 0.717) is 12.1 Å². The van der Waals surface area contributed by atoms with Crippen molar-refractivity contribution in [2.45, 2.75) is 33.2 Å². The van der Waals surface area contributed by atoms with Crippen molar-refractivity contribution in [2.24, 2.45) is 11.1 Å². The van der Waals surface area contributed by atoms with E-state index in [4.69, 9.17) is 5.73 Å². The van der Waals surface area contributed by atoms with Crippen molar-refractivity contribution >= 4 is 5.91 Å². The summed E-state index contributed by atoms with van der Waals surface area (Å²) >= 11 is 0. The molecule has 1 unspecified atom stereocenters. The smallest absolute Gasteiger partial charge is 0.224 e. The van der Waals surface area contributed by atoms with Gasteiger partial charge < -0.3 is 11.1 Å². The maximum atomic E-state index is 13.7. The number of nitrogens with two attached hydrogens (primary N) is 1. The molecule has 0 radical (unpaired) electrons. The van der Waals surface area contributed by atoms with Crippen molar-refractivity contribution < 1.29 is 9.18 Å². The minimum absolute atomic E-state index is 0.107. The molecule has 100 valence electrons. The Morgan fingerprint density at radius 1 is 1.44 bits per heavy atom. The first kappa shape index (κ1) is 14.6. The fraction of sp³-hybridized carbons (Fsp3) is 0.500. The van der Waals surface area contributed by atoms with Gasteiger partial charge in [-0.2, -0.15) is 0 Å². The number of halogens is 1. The summed E-state index contributed by atoms with van der Waals surface area (Å²) in [7, 11) is 0. The van der Waals surface area contributed by atoms with Crippen LogP contribution in [0.1, 0.15) is 38.8 Å². The zero-order valence-electron chi connectivity index (χ0n) is 11.2. The van der Waals surface area contributed by atoms with Crippen molar-refractivity contribution in [3.8, 4) is 0 Å². The van der Waals surface area contributed by atoms with E-state index in [-0.39, 0.29) is 17.8 Å². The number of carbonyl (C=O) groups excluding carboxylic acids is 1. The lowest BCUT2D eigenvalue weighted by Gasteiger charge is -2.25. The van der Waals surface area contributed by atoms with Crippen LogP contribution < -0.4 is 11.1 Å². The monoisotopic (exact) mass is 252 g/mol. The van der Waals surface area contributed by atoms with Gasteiger partial charge in [-0.15, -0.1) is 0 Å². The molecule has 1 amide bonds. The number of amides is 1. The summed E-state index contributed by atoms with van der Waals surface area (Å²) in [4.78, 5) is 11.2. The summed E-state index contributed by atoms with van der Waals surface area (Å²) in [6, 6.07) is 6.57. The molecule has 1 rings (SSSR count). The molecule has 1 aromatic rings. The van der Waals surface area contributed by atoms with Crippen molar-refractivity contribution in [3.63, 3.8) is 0 Å². The van der Waals surface area contributed by atoms with Crippen LogP contribution in [0.4, 0.5) is 4.39 Å². The van der Waals surface area contributed by atoms with Gasteiger partial charge in [0.15, 0.2) is 0 Å². The Morgan fingerprint density at radius 2 is 2.06 bits per heavy atom. The molecule has 0 fully saturated rings. The molecule has 0 aliphatic heterocycles. The first-order valence-corrected chi connectivity index (χ1v) is 6.16. The van der Waals surface area contributed by atoms with Crippen LogP contribution in [0.5, 0.6) is 0 Å². The molecule has 3 N–H and O–H groups in total. The summed E-state index contributed by atoms with van der Waals surface area (Å²) in [5.41, 5.74) is 5.30. The average molecular weight is 252 g/mol. The first-order valence-electron chi connectivity index (χ1n) is 6.16. The second kappa shape index (κ2) is 5.96. The highest BCUT2D eigenvalue weighted by Gasteiger charge is 2.26. The zero-order chi connectivity index (χ0) is 13.8. The van der Waals surface area contributed by atoms with Crippen LogP contribution >= 0.6 is 0 Å². The van der Waals surface area contributed by atoms with Crippen LogP contribution in [0.3, 0.4) is 0 Å². The van der Waals surface area contributed by atoms with Crippen LogP contribution in [-0.2, 0) is 4.79 Å². The van der Waals surface area contributed by atoms with Gasteiger partial charge in [-0.1, -0.05) is 25.1 Å². The summed E-state index contributed by atoms with van der Waals surface area (Å²) < 4.78 is 13.7. The van der Waals surface area contributed by atoms with Crippen molar-refractivity contribution in [2.75, 3.05) is 6.54 Å². The third kappa shape index (κ3) is 3.53. The van der Waals surface area contributed by atoms with E-state index in [1.807, 2.05) is 13.0 Å². The van der Waals surface area contributed by atoms with Gasteiger partial charge in [-0.05, 0) is 26.3 Å². The predicted molar refractivity (Wildman–Crippen MR) is 70.4 cm³/mol.